The molecule has 1 atom stereocenters. The van der Waals surface area contributed by atoms with E-state index in [9.17, 15) is 13.6 Å². The van der Waals surface area contributed by atoms with E-state index in [2.05, 4.69) is 0 Å². The molecule has 1 unspecified atom stereocenters. The molecule has 1 aromatic rings. The molecule has 1 aromatic carbocycles. The summed E-state index contributed by atoms with van der Waals surface area (Å²) in [5.41, 5.74) is 5.97. The molecule has 3 nitrogen and oxygen atoms in total. The van der Waals surface area contributed by atoms with Crippen LogP contribution in [0.5, 0.6) is 0 Å². The van der Waals surface area contributed by atoms with E-state index in [1.54, 1.807) is 0 Å². The van der Waals surface area contributed by atoms with Crippen molar-refractivity contribution in [2.45, 2.75) is 51.0 Å². The fraction of sp³-hybridized carbons (Fsp3) is 0.562. The number of carbonyl (C=O) groups is 1. The molecular weight excluding hydrogens is 276 g/mol. The van der Waals surface area contributed by atoms with Gasteiger partial charge >= 0.3 is 5.97 Å². The molecule has 0 amide bonds. The van der Waals surface area contributed by atoms with Crippen LogP contribution in [0.15, 0.2) is 18.2 Å². The quantitative estimate of drug-likeness (QED) is 0.869. The van der Waals surface area contributed by atoms with Crippen LogP contribution in [0.3, 0.4) is 0 Å². The van der Waals surface area contributed by atoms with Crippen molar-refractivity contribution in [1.29, 1.82) is 0 Å². The van der Waals surface area contributed by atoms with Crippen LogP contribution < -0.4 is 5.73 Å². The van der Waals surface area contributed by atoms with Gasteiger partial charge in [-0.15, -0.1) is 0 Å². The van der Waals surface area contributed by atoms with Crippen molar-refractivity contribution in [2.24, 2.45) is 11.1 Å². The molecule has 3 N–H and O–H groups in total. The van der Waals surface area contributed by atoms with E-state index in [1.807, 2.05) is 0 Å². The molecule has 1 saturated carbocycles. The van der Waals surface area contributed by atoms with Crippen LogP contribution >= 0.6 is 0 Å². The molecule has 0 aliphatic heterocycles. The van der Waals surface area contributed by atoms with Gasteiger partial charge in [0.15, 0.2) is 0 Å². The summed E-state index contributed by atoms with van der Waals surface area (Å²) in [5, 5.41) is 9.14. The van der Waals surface area contributed by atoms with Crippen LogP contribution in [0.25, 0.3) is 0 Å². The maximum absolute atomic E-state index is 13.8. The lowest BCUT2D eigenvalue weighted by molar-refractivity contribution is -0.140. The normalized spacial score (nSPS) is 19.2. The van der Waals surface area contributed by atoms with Gasteiger partial charge in [-0.3, -0.25) is 4.79 Å². The molecular formula is C16H21F2NO2. The number of hydrogen-bond acceptors (Lipinski definition) is 2. The molecule has 0 aromatic heterocycles. The first kappa shape index (κ1) is 15.9. The van der Waals surface area contributed by atoms with Crippen molar-refractivity contribution in [3.05, 3.63) is 35.4 Å². The van der Waals surface area contributed by atoms with Crippen molar-refractivity contribution in [2.75, 3.05) is 0 Å². The number of aliphatic carboxylic acids is 1. The highest BCUT2D eigenvalue weighted by molar-refractivity contribution is 5.67. The predicted molar refractivity (Wildman–Crippen MR) is 75.7 cm³/mol. The maximum Gasteiger partial charge on any atom is 0.303 e. The minimum atomic E-state index is -0.844. The van der Waals surface area contributed by atoms with Gasteiger partial charge in [-0.25, -0.2) is 8.78 Å². The van der Waals surface area contributed by atoms with Crippen LogP contribution in [-0.4, -0.2) is 11.1 Å². The molecule has 2 rings (SSSR count). The van der Waals surface area contributed by atoms with Crippen LogP contribution in [0.4, 0.5) is 8.78 Å². The molecule has 5 heteroatoms. The Morgan fingerprint density at radius 1 is 1.29 bits per heavy atom. The smallest absolute Gasteiger partial charge is 0.303 e. The number of nitrogens with two attached hydrogens (primary N) is 1. The standard InChI is InChI=1S/C16H21F2NO2/c17-11-4-5-12(13(18)8-11)14(19)9-16(10-15(20)21)6-2-1-3-7-16/h4-5,8,14H,1-3,6-7,9-10,19H2,(H,20,21). The largest absolute Gasteiger partial charge is 0.481 e. The van der Waals surface area contributed by atoms with Gasteiger partial charge in [-0.2, -0.15) is 0 Å². The summed E-state index contributed by atoms with van der Waals surface area (Å²) in [6, 6.07) is 2.75. The van der Waals surface area contributed by atoms with Crippen LogP contribution in [-0.2, 0) is 4.79 Å². The minimum absolute atomic E-state index is 0.0590. The Bertz CT molecular complexity index is 513. The van der Waals surface area contributed by atoms with E-state index < -0.39 is 23.6 Å². The fourth-order valence-corrected chi connectivity index (χ4v) is 3.45. The Labute approximate surface area is 123 Å². The van der Waals surface area contributed by atoms with Gasteiger partial charge in [0.05, 0.1) is 6.42 Å². The monoisotopic (exact) mass is 297 g/mol. The third-order valence-electron chi connectivity index (χ3n) is 4.46. The molecule has 0 saturated heterocycles. The summed E-state index contributed by atoms with van der Waals surface area (Å²) in [6.07, 6.45) is 5.14. The SMILES string of the molecule is NC(CC1(CC(=O)O)CCCCC1)c1ccc(F)cc1F. The molecule has 0 heterocycles. The lowest BCUT2D eigenvalue weighted by Gasteiger charge is -2.38. The van der Waals surface area contributed by atoms with E-state index in [0.29, 0.717) is 6.42 Å². The molecule has 1 fully saturated rings. The van der Waals surface area contributed by atoms with Crippen molar-refractivity contribution >= 4 is 5.97 Å². The highest BCUT2D eigenvalue weighted by Gasteiger charge is 2.36. The van der Waals surface area contributed by atoms with Crippen molar-refractivity contribution in [1.82, 2.24) is 0 Å². The van der Waals surface area contributed by atoms with Crippen molar-refractivity contribution < 1.29 is 18.7 Å². The second kappa shape index (κ2) is 6.52. The topological polar surface area (TPSA) is 63.3 Å². The van der Waals surface area contributed by atoms with Gasteiger partial charge in [0.1, 0.15) is 11.6 Å². The lowest BCUT2D eigenvalue weighted by atomic mass is 9.67. The number of carboxylic acids is 1. The first-order chi connectivity index (χ1) is 9.92. The van der Waals surface area contributed by atoms with Crippen LogP contribution in [0, 0.1) is 17.0 Å². The molecule has 21 heavy (non-hydrogen) atoms. The number of halogens is 2. The van der Waals surface area contributed by atoms with Gasteiger partial charge in [0, 0.05) is 17.7 Å². The Morgan fingerprint density at radius 3 is 2.52 bits per heavy atom. The Hall–Kier alpha value is -1.49. The number of rotatable bonds is 5. The Kier molecular flexibility index (Phi) is 4.93. The van der Waals surface area contributed by atoms with Crippen LogP contribution in [0.1, 0.15) is 56.6 Å². The average molecular weight is 297 g/mol. The van der Waals surface area contributed by atoms with Gasteiger partial charge in [-0.05, 0) is 30.7 Å². The number of hydrogen-bond donors (Lipinski definition) is 2. The first-order valence-electron chi connectivity index (χ1n) is 7.34. The fourth-order valence-electron chi connectivity index (χ4n) is 3.45. The number of carboxylic acid groups (broad SMARTS) is 1. The molecule has 1 aliphatic carbocycles. The van der Waals surface area contributed by atoms with E-state index in [0.717, 1.165) is 38.2 Å². The molecule has 1 aliphatic rings. The summed E-state index contributed by atoms with van der Waals surface area (Å²) in [6.45, 7) is 0. The van der Waals surface area contributed by atoms with E-state index in [1.165, 1.54) is 12.1 Å². The van der Waals surface area contributed by atoms with Gasteiger partial charge in [0.2, 0.25) is 0 Å². The zero-order valence-corrected chi connectivity index (χ0v) is 11.9. The summed E-state index contributed by atoms with van der Waals surface area (Å²) in [4.78, 5) is 11.1. The van der Waals surface area contributed by atoms with E-state index in [4.69, 9.17) is 10.8 Å². The predicted octanol–water partition coefficient (Wildman–Crippen LogP) is 3.78. The van der Waals surface area contributed by atoms with Crippen LogP contribution in [0.2, 0.25) is 0 Å². The molecule has 0 spiro atoms. The molecule has 116 valence electrons. The first-order valence-corrected chi connectivity index (χ1v) is 7.34. The minimum Gasteiger partial charge on any atom is -0.481 e. The summed E-state index contributed by atoms with van der Waals surface area (Å²) in [5.74, 6) is -2.14. The zero-order chi connectivity index (χ0) is 15.5. The molecule has 0 bridgehead atoms. The van der Waals surface area contributed by atoms with Gasteiger partial charge in [-0.1, -0.05) is 25.3 Å². The van der Waals surface area contributed by atoms with E-state index >= 15 is 0 Å². The molecule has 0 radical (unpaired) electrons. The zero-order valence-electron chi connectivity index (χ0n) is 11.9. The number of benzene rings is 1. The van der Waals surface area contributed by atoms with E-state index in [-0.39, 0.29) is 17.4 Å². The average Bonchev–Trinajstić information content (AvgIpc) is 2.38. The van der Waals surface area contributed by atoms with Crippen molar-refractivity contribution in [3.8, 4) is 0 Å². The van der Waals surface area contributed by atoms with Gasteiger partial charge < -0.3 is 10.8 Å². The third-order valence-corrected chi connectivity index (χ3v) is 4.46. The second-order valence-corrected chi connectivity index (χ2v) is 6.11. The maximum atomic E-state index is 13.8. The summed E-state index contributed by atoms with van der Waals surface area (Å²) < 4.78 is 26.8. The lowest BCUT2D eigenvalue weighted by Crippen LogP contribution is -2.32. The Balaban J connectivity index is 2.17. The third kappa shape index (κ3) is 4.00. The Morgan fingerprint density at radius 2 is 1.95 bits per heavy atom. The highest BCUT2D eigenvalue weighted by Crippen LogP contribution is 2.45. The summed E-state index contributed by atoms with van der Waals surface area (Å²) >= 11 is 0. The van der Waals surface area contributed by atoms with Gasteiger partial charge in [0.25, 0.3) is 0 Å². The van der Waals surface area contributed by atoms with Crippen molar-refractivity contribution in [3.63, 3.8) is 0 Å². The highest BCUT2D eigenvalue weighted by atomic mass is 19.1. The summed E-state index contributed by atoms with van der Waals surface area (Å²) in [7, 11) is 0. The second-order valence-electron chi connectivity index (χ2n) is 6.11.